The van der Waals surface area contributed by atoms with Gasteiger partial charge in [0.2, 0.25) is 5.89 Å². The first-order valence-corrected chi connectivity index (χ1v) is 7.86. The van der Waals surface area contributed by atoms with E-state index in [-0.39, 0.29) is 0 Å². The van der Waals surface area contributed by atoms with Crippen LogP contribution in [0.3, 0.4) is 0 Å². The number of hydrogen-bond acceptors (Lipinski definition) is 2. The maximum absolute atomic E-state index is 6.16. The van der Waals surface area contributed by atoms with Crippen molar-refractivity contribution in [3.05, 3.63) is 72.8 Å². The van der Waals surface area contributed by atoms with E-state index >= 15 is 0 Å². The summed E-state index contributed by atoms with van der Waals surface area (Å²) >= 11 is 0. The van der Waals surface area contributed by atoms with Gasteiger partial charge in [0.15, 0.2) is 5.58 Å². The first-order valence-electron chi connectivity index (χ1n) is 7.86. The molecular formula is C21H12BNO. The summed E-state index contributed by atoms with van der Waals surface area (Å²) in [6.45, 7) is 0. The van der Waals surface area contributed by atoms with Crippen molar-refractivity contribution in [1.82, 2.24) is 4.98 Å². The van der Waals surface area contributed by atoms with Crippen LogP contribution in [-0.2, 0) is 0 Å². The van der Waals surface area contributed by atoms with Gasteiger partial charge in [-0.2, -0.15) is 0 Å². The maximum Gasteiger partial charge on any atom is 0.227 e. The Kier molecular flexibility index (Phi) is 2.77. The summed E-state index contributed by atoms with van der Waals surface area (Å²) < 4.78 is 6.16. The number of hydrogen-bond donors (Lipinski definition) is 0. The van der Waals surface area contributed by atoms with E-state index in [0.29, 0.717) is 5.89 Å². The minimum atomic E-state index is 0.638. The number of fused-ring (bicyclic) bond motifs is 5. The third-order valence-corrected chi connectivity index (χ3v) is 4.40. The van der Waals surface area contributed by atoms with Crippen LogP contribution in [0.2, 0.25) is 0 Å². The van der Waals surface area contributed by atoms with Gasteiger partial charge in [-0.3, -0.25) is 0 Å². The second kappa shape index (κ2) is 4.97. The summed E-state index contributed by atoms with van der Waals surface area (Å²) in [4.78, 5) is 4.66. The molecule has 0 N–H and O–H groups in total. The highest BCUT2D eigenvalue weighted by Gasteiger charge is 2.13. The van der Waals surface area contributed by atoms with Gasteiger partial charge in [0.05, 0.1) is 0 Å². The van der Waals surface area contributed by atoms with Gasteiger partial charge in [0, 0.05) is 10.9 Å². The lowest BCUT2D eigenvalue weighted by molar-refractivity contribution is 0.623. The van der Waals surface area contributed by atoms with Crippen molar-refractivity contribution in [2.75, 3.05) is 0 Å². The topological polar surface area (TPSA) is 26.0 Å². The molecule has 0 aliphatic heterocycles. The molecule has 3 heteroatoms. The molecule has 1 heterocycles. The summed E-state index contributed by atoms with van der Waals surface area (Å²) in [7, 11) is 6.01. The lowest BCUT2D eigenvalue weighted by atomic mass is 9.91. The summed E-state index contributed by atoms with van der Waals surface area (Å²) in [6.07, 6.45) is 0. The van der Waals surface area contributed by atoms with E-state index < -0.39 is 0 Å². The Balaban J connectivity index is 1.92. The molecule has 0 spiro atoms. The largest absolute Gasteiger partial charge is 0.435 e. The first-order chi connectivity index (χ1) is 11.8. The van der Waals surface area contributed by atoms with Gasteiger partial charge in [-0.25, -0.2) is 4.98 Å². The van der Waals surface area contributed by atoms with Crippen molar-refractivity contribution in [3.8, 4) is 11.5 Å². The van der Waals surface area contributed by atoms with Crippen LogP contribution < -0.4 is 5.46 Å². The minimum Gasteiger partial charge on any atom is -0.435 e. The van der Waals surface area contributed by atoms with E-state index in [9.17, 15) is 0 Å². The predicted molar refractivity (Wildman–Crippen MR) is 99.8 cm³/mol. The Morgan fingerprint density at radius 3 is 2.42 bits per heavy atom. The van der Waals surface area contributed by atoms with E-state index in [4.69, 9.17) is 12.3 Å². The SMILES string of the molecule is [B]c1ccc2ccc3ccc4nc(-c5ccccc5)oc4c3c2c1. The highest BCUT2D eigenvalue weighted by Crippen LogP contribution is 2.34. The standard InChI is InChI=1S/C21H12BNO/c22-16-10-8-13-6-7-14-9-11-18-20(19(14)17(13)12-16)24-21(23-18)15-4-2-1-3-5-15/h1-12H. The molecule has 0 amide bonds. The van der Waals surface area contributed by atoms with Gasteiger partial charge in [-0.05, 0) is 34.4 Å². The second-order valence-electron chi connectivity index (χ2n) is 5.94. The van der Waals surface area contributed by atoms with Gasteiger partial charge in [-0.15, -0.1) is 0 Å². The van der Waals surface area contributed by atoms with Gasteiger partial charge in [0.1, 0.15) is 13.4 Å². The Labute approximate surface area is 140 Å². The monoisotopic (exact) mass is 305 g/mol. The molecule has 0 bridgehead atoms. The third-order valence-electron chi connectivity index (χ3n) is 4.40. The summed E-state index contributed by atoms with van der Waals surface area (Å²) in [5.41, 5.74) is 3.38. The molecule has 0 saturated heterocycles. The van der Waals surface area contributed by atoms with E-state index in [1.54, 1.807) is 0 Å². The number of benzene rings is 4. The maximum atomic E-state index is 6.16. The smallest absolute Gasteiger partial charge is 0.227 e. The van der Waals surface area contributed by atoms with Crippen molar-refractivity contribution in [2.24, 2.45) is 0 Å². The Morgan fingerprint density at radius 1 is 0.792 bits per heavy atom. The van der Waals surface area contributed by atoms with Gasteiger partial charge in [0.25, 0.3) is 0 Å². The Morgan fingerprint density at radius 2 is 1.54 bits per heavy atom. The molecule has 24 heavy (non-hydrogen) atoms. The highest BCUT2D eigenvalue weighted by molar-refractivity contribution is 6.34. The molecule has 2 radical (unpaired) electrons. The van der Waals surface area contributed by atoms with Crippen molar-refractivity contribution in [2.45, 2.75) is 0 Å². The van der Waals surface area contributed by atoms with Crippen LogP contribution in [0.4, 0.5) is 0 Å². The molecule has 2 nitrogen and oxygen atoms in total. The number of rotatable bonds is 1. The van der Waals surface area contributed by atoms with Gasteiger partial charge in [-0.1, -0.05) is 60.1 Å². The average molecular weight is 305 g/mol. The fraction of sp³-hybridized carbons (Fsp3) is 0. The molecule has 1 aromatic heterocycles. The van der Waals surface area contributed by atoms with Crippen molar-refractivity contribution in [1.29, 1.82) is 0 Å². The number of nitrogens with zero attached hydrogens (tertiary/aromatic N) is 1. The van der Waals surface area contributed by atoms with E-state index in [1.165, 1.54) is 0 Å². The summed E-state index contributed by atoms with van der Waals surface area (Å²) in [5, 5.41) is 4.42. The van der Waals surface area contributed by atoms with Crippen molar-refractivity contribution < 1.29 is 4.42 Å². The fourth-order valence-electron chi connectivity index (χ4n) is 3.24. The lowest BCUT2D eigenvalue weighted by Gasteiger charge is -2.05. The number of aromatic nitrogens is 1. The van der Waals surface area contributed by atoms with Crippen LogP contribution >= 0.6 is 0 Å². The summed E-state index contributed by atoms with van der Waals surface area (Å²) in [5.74, 6) is 0.638. The molecule has 0 saturated carbocycles. The first kappa shape index (κ1) is 13.4. The zero-order chi connectivity index (χ0) is 16.1. The quantitative estimate of drug-likeness (QED) is 0.334. The highest BCUT2D eigenvalue weighted by atomic mass is 16.3. The normalized spacial score (nSPS) is 11.5. The molecule has 0 aliphatic carbocycles. The van der Waals surface area contributed by atoms with Crippen LogP contribution in [-0.4, -0.2) is 12.8 Å². The van der Waals surface area contributed by atoms with E-state index in [1.807, 2.05) is 54.6 Å². The van der Waals surface area contributed by atoms with Crippen LogP contribution in [0.15, 0.2) is 77.2 Å². The molecule has 5 rings (SSSR count). The molecule has 4 aromatic carbocycles. The van der Waals surface area contributed by atoms with Crippen LogP contribution in [0.5, 0.6) is 0 Å². The van der Waals surface area contributed by atoms with Crippen molar-refractivity contribution >= 4 is 46.0 Å². The van der Waals surface area contributed by atoms with Gasteiger partial charge < -0.3 is 4.42 Å². The van der Waals surface area contributed by atoms with E-state index in [0.717, 1.165) is 43.7 Å². The fourth-order valence-corrected chi connectivity index (χ4v) is 3.24. The van der Waals surface area contributed by atoms with Crippen LogP contribution in [0.25, 0.3) is 44.1 Å². The van der Waals surface area contributed by atoms with Gasteiger partial charge >= 0.3 is 0 Å². The predicted octanol–water partition coefficient (Wildman–Crippen LogP) is 4.60. The van der Waals surface area contributed by atoms with E-state index in [2.05, 4.69) is 23.2 Å². The Hall–Kier alpha value is -3.07. The molecule has 0 atom stereocenters. The molecule has 5 aromatic rings. The molecule has 0 aliphatic rings. The lowest BCUT2D eigenvalue weighted by Crippen LogP contribution is -1.99. The number of oxazole rings is 1. The van der Waals surface area contributed by atoms with Crippen LogP contribution in [0, 0.1) is 0 Å². The molecular weight excluding hydrogens is 293 g/mol. The second-order valence-corrected chi connectivity index (χ2v) is 5.94. The molecule has 110 valence electrons. The minimum absolute atomic E-state index is 0.638. The third kappa shape index (κ3) is 1.95. The molecule has 0 fully saturated rings. The molecule has 0 unspecified atom stereocenters. The summed E-state index contributed by atoms with van der Waals surface area (Å²) in [6, 6.07) is 24.2. The zero-order valence-electron chi connectivity index (χ0n) is 12.9. The zero-order valence-corrected chi connectivity index (χ0v) is 12.9. The van der Waals surface area contributed by atoms with Crippen molar-refractivity contribution in [3.63, 3.8) is 0 Å². The van der Waals surface area contributed by atoms with Crippen LogP contribution in [0.1, 0.15) is 0 Å². The average Bonchev–Trinajstić information content (AvgIpc) is 3.06. The Bertz CT molecular complexity index is 1210.